The molecule has 124 valence electrons. The van der Waals surface area contributed by atoms with Crippen LogP contribution in [0.25, 0.3) is 5.65 Å². The summed E-state index contributed by atoms with van der Waals surface area (Å²) in [6.45, 7) is 5.24. The molecule has 0 aliphatic rings. The Labute approximate surface area is 132 Å². The summed E-state index contributed by atoms with van der Waals surface area (Å²) in [7, 11) is 0. The number of aliphatic hydroxyl groups is 1. The average Bonchev–Trinajstić information content (AvgIpc) is 2.81. The van der Waals surface area contributed by atoms with Crippen LogP contribution in [-0.4, -0.2) is 50.2 Å². The van der Waals surface area contributed by atoms with Crippen LogP contribution in [-0.2, 0) is 4.79 Å². The molecule has 3 N–H and O–H groups in total. The fourth-order valence-corrected chi connectivity index (χ4v) is 2.30. The summed E-state index contributed by atoms with van der Waals surface area (Å²) in [5.41, 5.74) is 1.11. The van der Waals surface area contributed by atoms with Gasteiger partial charge in [-0.2, -0.15) is 0 Å². The predicted molar refractivity (Wildman–Crippen MR) is 81.7 cm³/mol. The lowest BCUT2D eigenvalue weighted by atomic mass is 10.1. The second-order valence-electron chi connectivity index (χ2n) is 5.07. The number of pyridine rings is 1. The Morgan fingerprint density at radius 2 is 2.17 bits per heavy atom. The van der Waals surface area contributed by atoms with Gasteiger partial charge in [0.15, 0.2) is 17.4 Å². The first-order valence-corrected chi connectivity index (χ1v) is 7.19. The van der Waals surface area contributed by atoms with Crippen molar-refractivity contribution in [3.63, 3.8) is 0 Å². The molecule has 2 unspecified atom stereocenters. The summed E-state index contributed by atoms with van der Waals surface area (Å²) in [5, 5.41) is 20.9. The number of carboxylic acid groups (broad SMARTS) is 1. The van der Waals surface area contributed by atoms with Gasteiger partial charge in [0, 0.05) is 6.20 Å². The molecule has 0 saturated carbocycles. The first kappa shape index (κ1) is 16.8. The number of carboxylic acids is 1. The zero-order valence-electron chi connectivity index (χ0n) is 13.1. The van der Waals surface area contributed by atoms with Gasteiger partial charge < -0.3 is 20.3 Å². The number of rotatable bonds is 6. The number of imidazole rings is 1. The number of hydrogen-bond donors (Lipinski definition) is 3. The van der Waals surface area contributed by atoms with Gasteiger partial charge in [-0.3, -0.25) is 9.20 Å². The number of hydrogen-bond acceptors (Lipinski definition) is 5. The highest BCUT2D eigenvalue weighted by atomic mass is 16.5. The number of carbonyl (C=O) groups is 2. The monoisotopic (exact) mass is 321 g/mol. The van der Waals surface area contributed by atoms with E-state index in [1.165, 1.54) is 11.3 Å². The van der Waals surface area contributed by atoms with E-state index in [-0.39, 0.29) is 5.69 Å². The van der Waals surface area contributed by atoms with Crippen LogP contribution >= 0.6 is 0 Å². The van der Waals surface area contributed by atoms with Gasteiger partial charge >= 0.3 is 5.97 Å². The van der Waals surface area contributed by atoms with Gasteiger partial charge in [0.2, 0.25) is 0 Å². The van der Waals surface area contributed by atoms with E-state index in [4.69, 9.17) is 9.84 Å². The SMILES string of the molecule is CCOc1cccn2c(C(=O)NC(C(=O)O)C(C)O)c(C)nc12. The maximum atomic E-state index is 12.4. The van der Waals surface area contributed by atoms with E-state index in [9.17, 15) is 14.7 Å². The summed E-state index contributed by atoms with van der Waals surface area (Å²) in [6.07, 6.45) is 0.417. The Bertz CT molecular complexity index is 738. The predicted octanol–water partition coefficient (Wildman–Crippen LogP) is 0.605. The average molecular weight is 321 g/mol. The summed E-state index contributed by atoms with van der Waals surface area (Å²) in [6, 6.07) is 2.05. The Hall–Kier alpha value is -2.61. The van der Waals surface area contributed by atoms with E-state index in [2.05, 4.69) is 10.3 Å². The number of aliphatic carboxylic acids is 1. The first-order chi connectivity index (χ1) is 10.9. The lowest BCUT2D eigenvalue weighted by Gasteiger charge is -2.17. The normalized spacial score (nSPS) is 13.6. The van der Waals surface area contributed by atoms with Crippen molar-refractivity contribution < 1.29 is 24.5 Å². The van der Waals surface area contributed by atoms with Crippen LogP contribution < -0.4 is 10.1 Å². The molecule has 2 aromatic heterocycles. The van der Waals surface area contributed by atoms with Crippen molar-refractivity contribution in [1.82, 2.24) is 14.7 Å². The minimum Gasteiger partial charge on any atom is -0.490 e. The summed E-state index contributed by atoms with van der Waals surface area (Å²) >= 11 is 0. The quantitative estimate of drug-likeness (QED) is 0.718. The van der Waals surface area contributed by atoms with Crippen molar-refractivity contribution in [2.24, 2.45) is 0 Å². The number of nitrogens with one attached hydrogen (secondary N) is 1. The Balaban J connectivity index is 2.43. The molecule has 0 fully saturated rings. The highest BCUT2D eigenvalue weighted by molar-refractivity contribution is 5.97. The molecule has 0 aromatic carbocycles. The third kappa shape index (κ3) is 3.26. The standard InChI is InChI=1S/C15H19N3O5/c1-4-23-10-6-5-7-18-12(8(2)16-13(10)18)14(20)17-11(9(3)19)15(21)22/h5-7,9,11,19H,4H2,1-3H3,(H,17,20)(H,21,22). The number of ether oxygens (including phenoxy) is 1. The van der Waals surface area contributed by atoms with Gasteiger partial charge in [0.1, 0.15) is 5.69 Å². The van der Waals surface area contributed by atoms with Crippen molar-refractivity contribution in [3.05, 3.63) is 29.7 Å². The van der Waals surface area contributed by atoms with E-state index in [0.717, 1.165) is 0 Å². The van der Waals surface area contributed by atoms with Gasteiger partial charge in [-0.1, -0.05) is 0 Å². The number of aromatic nitrogens is 2. The van der Waals surface area contributed by atoms with Crippen LogP contribution in [0.5, 0.6) is 5.75 Å². The Kier molecular flexibility index (Phi) is 4.85. The minimum atomic E-state index is -1.40. The zero-order valence-corrected chi connectivity index (χ0v) is 13.1. The lowest BCUT2D eigenvalue weighted by molar-refractivity contribution is -0.141. The second kappa shape index (κ2) is 6.66. The van der Waals surface area contributed by atoms with Crippen LogP contribution in [0.15, 0.2) is 18.3 Å². The van der Waals surface area contributed by atoms with Gasteiger partial charge in [0.25, 0.3) is 5.91 Å². The summed E-state index contributed by atoms with van der Waals surface area (Å²) in [5.74, 6) is -1.41. The topological polar surface area (TPSA) is 113 Å². The van der Waals surface area contributed by atoms with Gasteiger partial charge in [-0.25, -0.2) is 9.78 Å². The highest BCUT2D eigenvalue weighted by Gasteiger charge is 2.28. The molecule has 0 aliphatic heterocycles. The molecule has 2 heterocycles. The molecule has 2 atom stereocenters. The molecule has 0 saturated heterocycles. The third-order valence-electron chi connectivity index (χ3n) is 3.34. The second-order valence-corrected chi connectivity index (χ2v) is 5.07. The molecule has 2 rings (SSSR count). The maximum absolute atomic E-state index is 12.4. The molecule has 8 heteroatoms. The first-order valence-electron chi connectivity index (χ1n) is 7.19. The van der Waals surface area contributed by atoms with E-state index in [1.54, 1.807) is 25.3 Å². The van der Waals surface area contributed by atoms with Crippen LogP contribution in [0.2, 0.25) is 0 Å². The molecule has 23 heavy (non-hydrogen) atoms. The van der Waals surface area contributed by atoms with E-state index >= 15 is 0 Å². The van der Waals surface area contributed by atoms with Crippen LogP contribution in [0.3, 0.4) is 0 Å². The molecule has 0 bridgehead atoms. The molecule has 2 aromatic rings. The van der Waals surface area contributed by atoms with Gasteiger partial charge in [-0.05, 0) is 32.9 Å². The van der Waals surface area contributed by atoms with Crippen molar-refractivity contribution in [3.8, 4) is 5.75 Å². The van der Waals surface area contributed by atoms with Crippen LogP contribution in [0.1, 0.15) is 30.0 Å². The number of amides is 1. The van der Waals surface area contributed by atoms with Crippen molar-refractivity contribution in [1.29, 1.82) is 0 Å². The number of aliphatic hydroxyl groups excluding tert-OH is 1. The van der Waals surface area contributed by atoms with Crippen molar-refractivity contribution in [2.75, 3.05) is 6.61 Å². The molecule has 0 aliphatic carbocycles. The smallest absolute Gasteiger partial charge is 0.328 e. The lowest BCUT2D eigenvalue weighted by Crippen LogP contribution is -2.48. The molecule has 0 spiro atoms. The molecule has 8 nitrogen and oxygen atoms in total. The van der Waals surface area contributed by atoms with Gasteiger partial charge in [0.05, 0.1) is 18.4 Å². The number of nitrogens with zero attached hydrogens (tertiary/aromatic N) is 2. The van der Waals surface area contributed by atoms with E-state index in [0.29, 0.717) is 23.7 Å². The fraction of sp³-hybridized carbons (Fsp3) is 0.400. The van der Waals surface area contributed by atoms with Crippen LogP contribution in [0.4, 0.5) is 0 Å². The van der Waals surface area contributed by atoms with Gasteiger partial charge in [-0.15, -0.1) is 0 Å². The third-order valence-corrected chi connectivity index (χ3v) is 3.34. The van der Waals surface area contributed by atoms with E-state index in [1.807, 2.05) is 6.92 Å². The number of carbonyl (C=O) groups excluding carboxylic acids is 1. The molecular formula is C15H19N3O5. The van der Waals surface area contributed by atoms with Crippen molar-refractivity contribution >= 4 is 17.5 Å². The fourth-order valence-electron chi connectivity index (χ4n) is 2.30. The summed E-state index contributed by atoms with van der Waals surface area (Å²) in [4.78, 5) is 27.9. The minimum absolute atomic E-state index is 0.202. The molecular weight excluding hydrogens is 302 g/mol. The maximum Gasteiger partial charge on any atom is 0.328 e. The Morgan fingerprint density at radius 3 is 2.74 bits per heavy atom. The highest BCUT2D eigenvalue weighted by Crippen LogP contribution is 2.22. The number of fused-ring (bicyclic) bond motifs is 1. The zero-order chi connectivity index (χ0) is 17.1. The summed E-state index contributed by atoms with van der Waals surface area (Å²) < 4.78 is 7.01. The largest absolute Gasteiger partial charge is 0.490 e. The van der Waals surface area contributed by atoms with Crippen molar-refractivity contribution in [2.45, 2.75) is 32.9 Å². The van der Waals surface area contributed by atoms with E-state index < -0.39 is 24.0 Å². The number of aryl methyl sites for hydroxylation is 1. The molecule has 0 radical (unpaired) electrons. The molecule has 1 amide bonds. The Morgan fingerprint density at radius 1 is 1.48 bits per heavy atom. The van der Waals surface area contributed by atoms with Crippen LogP contribution in [0, 0.1) is 6.92 Å².